The third-order valence-electron chi connectivity index (χ3n) is 7.97. The van der Waals surface area contributed by atoms with Crippen LogP contribution < -0.4 is 9.75 Å². The van der Waals surface area contributed by atoms with Gasteiger partial charge in [0.2, 0.25) is 0 Å². The molecule has 0 aliphatic carbocycles. The van der Waals surface area contributed by atoms with Crippen molar-refractivity contribution in [3.05, 3.63) is 83.4 Å². The smallest absolute Gasteiger partial charge is 0.410 e. The first kappa shape index (κ1) is 33.4. The summed E-state index contributed by atoms with van der Waals surface area (Å²) in [5.41, 5.74) is 2.31. The van der Waals surface area contributed by atoms with Crippen molar-refractivity contribution in [1.29, 1.82) is 0 Å². The number of ether oxygens (including phenoxy) is 2. The number of amidine groups is 1. The van der Waals surface area contributed by atoms with Crippen molar-refractivity contribution in [2.45, 2.75) is 65.6 Å². The van der Waals surface area contributed by atoms with Gasteiger partial charge in [0.25, 0.3) is 0 Å². The van der Waals surface area contributed by atoms with Crippen LogP contribution in [0.4, 0.5) is 15.3 Å². The molecular weight excluding hydrogens is 598 g/mol. The predicted molar refractivity (Wildman–Crippen MR) is 181 cm³/mol. The fourth-order valence-electron chi connectivity index (χ4n) is 5.52. The maximum atomic E-state index is 14.7. The first-order valence-corrected chi connectivity index (χ1v) is 16.0. The van der Waals surface area contributed by atoms with Crippen LogP contribution in [0, 0.1) is 0 Å². The van der Waals surface area contributed by atoms with Crippen LogP contribution in [0.5, 0.6) is 17.2 Å². The molecule has 1 atom stereocenters. The number of benzene rings is 3. The van der Waals surface area contributed by atoms with Gasteiger partial charge in [-0.25, -0.2) is 19.6 Å². The minimum Gasteiger partial charge on any atom is -0.508 e. The number of phenols is 2. The van der Waals surface area contributed by atoms with E-state index in [1.54, 1.807) is 68.3 Å². The highest BCUT2D eigenvalue weighted by atomic mass is 16.6. The molecule has 3 amide bonds. The number of hydrogen-bond acceptors (Lipinski definition) is 8. The van der Waals surface area contributed by atoms with Crippen LogP contribution in [0.1, 0.15) is 71.3 Å². The number of phenolic OH excluding ortho intramolecular Hbond substituents is 2. The van der Waals surface area contributed by atoms with Crippen molar-refractivity contribution in [3.8, 4) is 17.2 Å². The van der Waals surface area contributed by atoms with Crippen molar-refractivity contribution in [2.24, 2.45) is 4.99 Å². The Morgan fingerprint density at radius 2 is 1.40 bits per heavy atom. The molecule has 1 saturated heterocycles. The van der Waals surface area contributed by atoms with E-state index < -0.39 is 17.9 Å². The molecule has 0 radical (unpaired) electrons. The number of aliphatic imine (C=N–C) groups is 1. The maximum absolute atomic E-state index is 14.7. The number of rotatable bonds is 5. The zero-order chi connectivity index (χ0) is 34.1. The summed E-state index contributed by atoms with van der Waals surface area (Å²) in [6.07, 6.45) is -1.11. The molecule has 11 nitrogen and oxygen atoms in total. The Hall–Kier alpha value is -4.93. The molecule has 0 bridgehead atoms. The van der Waals surface area contributed by atoms with E-state index in [1.165, 1.54) is 0 Å². The molecule has 47 heavy (non-hydrogen) atoms. The molecule has 2 aliphatic rings. The fraction of sp³-hybridized carbons (Fsp3) is 0.417. The average Bonchev–Trinajstić information content (AvgIpc) is 3.40. The second-order valence-electron chi connectivity index (χ2n) is 13.7. The quantitative estimate of drug-likeness (QED) is 0.320. The van der Waals surface area contributed by atoms with Gasteiger partial charge in [0.1, 0.15) is 22.8 Å². The summed E-state index contributed by atoms with van der Waals surface area (Å²) >= 11 is 0. The number of aromatic hydroxyl groups is 2. The Bertz CT molecular complexity index is 1620. The van der Waals surface area contributed by atoms with Gasteiger partial charge in [0.15, 0.2) is 12.0 Å². The summed E-state index contributed by atoms with van der Waals surface area (Å²) in [4.78, 5) is 36.0. The SMILES string of the molecule is CCOc1cc(C(C)(C)C)ccc1C1=NC(c2ccc(O)cc2)N(c2ccc(O)cc2)N1C(=O)N1CCN(C(=O)OC(C)(C)C)CC1. The standard InChI is InChI=1S/C36H45N5O6/c1-8-46-30-23-25(35(2,3)4)11-18-29(30)32-37-31(24-9-14-27(42)15-10-24)40(26-12-16-28(43)17-13-26)41(32)33(44)38-19-21-39(22-20-38)34(45)47-36(5,6)7/h9-18,23,31,42-43H,8,19-22H2,1-7H3. The third kappa shape index (κ3) is 7.40. The van der Waals surface area contributed by atoms with Gasteiger partial charge in [-0.2, -0.15) is 5.01 Å². The Kier molecular flexibility index (Phi) is 9.29. The van der Waals surface area contributed by atoms with Crippen LogP contribution >= 0.6 is 0 Å². The van der Waals surface area contributed by atoms with Gasteiger partial charge in [0.05, 0.1) is 17.9 Å². The molecule has 0 saturated carbocycles. The summed E-state index contributed by atoms with van der Waals surface area (Å²) in [7, 11) is 0. The second kappa shape index (κ2) is 13.1. The molecule has 2 heterocycles. The topological polar surface area (TPSA) is 118 Å². The molecule has 2 N–H and O–H groups in total. The zero-order valence-electron chi connectivity index (χ0n) is 28.2. The first-order chi connectivity index (χ1) is 22.2. The third-order valence-corrected chi connectivity index (χ3v) is 7.97. The number of amides is 3. The van der Waals surface area contributed by atoms with Crippen molar-refractivity contribution < 1.29 is 29.3 Å². The summed E-state index contributed by atoms with van der Waals surface area (Å²) in [6.45, 7) is 15.4. The van der Waals surface area contributed by atoms with E-state index in [2.05, 4.69) is 20.8 Å². The molecule has 250 valence electrons. The lowest BCUT2D eigenvalue weighted by atomic mass is 9.86. The number of hydrogen-bond donors (Lipinski definition) is 2. The lowest BCUT2D eigenvalue weighted by Crippen LogP contribution is -2.58. The maximum Gasteiger partial charge on any atom is 0.410 e. The first-order valence-electron chi connectivity index (χ1n) is 16.0. The average molecular weight is 644 g/mol. The highest BCUT2D eigenvalue weighted by Crippen LogP contribution is 2.40. The van der Waals surface area contributed by atoms with E-state index in [-0.39, 0.29) is 36.0 Å². The molecule has 1 fully saturated rings. The van der Waals surface area contributed by atoms with Crippen molar-refractivity contribution in [2.75, 3.05) is 37.8 Å². The minimum atomic E-state index is -0.695. The molecule has 0 aromatic heterocycles. The second-order valence-corrected chi connectivity index (χ2v) is 13.7. The Morgan fingerprint density at radius 3 is 1.96 bits per heavy atom. The molecule has 2 aliphatic heterocycles. The van der Waals surface area contributed by atoms with Crippen LogP contribution in [0.25, 0.3) is 0 Å². The van der Waals surface area contributed by atoms with Crippen LogP contribution in [-0.2, 0) is 10.2 Å². The predicted octanol–water partition coefficient (Wildman–Crippen LogP) is 6.65. The molecule has 0 spiro atoms. The minimum absolute atomic E-state index is 0.0859. The summed E-state index contributed by atoms with van der Waals surface area (Å²) in [5.74, 6) is 1.19. The van der Waals surface area contributed by atoms with Gasteiger partial charge >= 0.3 is 12.1 Å². The number of carbonyl (C=O) groups is 2. The van der Waals surface area contributed by atoms with E-state index in [0.717, 1.165) is 11.1 Å². The lowest BCUT2D eigenvalue weighted by molar-refractivity contribution is 0.0163. The van der Waals surface area contributed by atoms with Crippen LogP contribution in [-0.4, -0.2) is 81.4 Å². The highest BCUT2D eigenvalue weighted by Gasteiger charge is 2.43. The number of carbonyl (C=O) groups excluding carboxylic acids is 2. The van der Waals surface area contributed by atoms with E-state index in [1.807, 2.05) is 45.9 Å². The van der Waals surface area contributed by atoms with E-state index in [4.69, 9.17) is 14.5 Å². The Balaban J connectivity index is 1.60. The van der Waals surface area contributed by atoms with E-state index >= 15 is 0 Å². The van der Waals surface area contributed by atoms with Gasteiger partial charge in [-0.1, -0.05) is 39.0 Å². The van der Waals surface area contributed by atoms with Crippen LogP contribution in [0.3, 0.4) is 0 Å². The van der Waals surface area contributed by atoms with Gasteiger partial charge in [0, 0.05) is 26.2 Å². The number of anilines is 1. The van der Waals surface area contributed by atoms with E-state index in [9.17, 15) is 19.8 Å². The molecular formula is C36H45N5O6. The highest BCUT2D eigenvalue weighted by molar-refractivity contribution is 6.11. The van der Waals surface area contributed by atoms with E-state index in [0.29, 0.717) is 42.5 Å². The zero-order valence-corrected chi connectivity index (χ0v) is 28.2. The summed E-state index contributed by atoms with van der Waals surface area (Å²) < 4.78 is 11.7. The van der Waals surface area contributed by atoms with Gasteiger partial charge in [-0.3, -0.25) is 0 Å². The van der Waals surface area contributed by atoms with Crippen molar-refractivity contribution in [3.63, 3.8) is 0 Å². The molecule has 3 aromatic rings. The van der Waals surface area contributed by atoms with Crippen LogP contribution in [0.2, 0.25) is 0 Å². The van der Waals surface area contributed by atoms with Gasteiger partial charge < -0.3 is 29.5 Å². The molecule has 5 rings (SSSR count). The Labute approximate surface area is 276 Å². The number of nitrogens with zero attached hydrogens (tertiary/aromatic N) is 5. The molecule has 11 heteroatoms. The lowest BCUT2D eigenvalue weighted by Gasteiger charge is -2.40. The van der Waals surface area contributed by atoms with Crippen LogP contribution in [0.15, 0.2) is 71.7 Å². The van der Waals surface area contributed by atoms with Crippen molar-refractivity contribution >= 4 is 23.6 Å². The number of urea groups is 1. The Morgan fingerprint density at radius 1 is 0.830 bits per heavy atom. The number of piperazine rings is 1. The van der Waals surface area contributed by atoms with Crippen molar-refractivity contribution in [1.82, 2.24) is 14.8 Å². The summed E-state index contributed by atoms with van der Waals surface area (Å²) in [5, 5.41) is 23.5. The van der Waals surface area contributed by atoms with Gasteiger partial charge in [-0.15, -0.1) is 0 Å². The molecule has 3 aromatic carbocycles. The monoisotopic (exact) mass is 643 g/mol. The fourth-order valence-corrected chi connectivity index (χ4v) is 5.52. The van der Waals surface area contributed by atoms with Gasteiger partial charge in [-0.05, 0) is 92.8 Å². The largest absolute Gasteiger partial charge is 0.508 e. The summed E-state index contributed by atoms with van der Waals surface area (Å²) in [6, 6.07) is 18.9. The normalized spacial score (nSPS) is 17.1. The number of hydrazine groups is 1. The molecule has 1 unspecified atom stereocenters.